The van der Waals surface area contributed by atoms with Gasteiger partial charge in [-0.15, -0.1) is 11.3 Å². The van der Waals surface area contributed by atoms with E-state index < -0.39 is 12.1 Å². The van der Waals surface area contributed by atoms with E-state index in [0.717, 1.165) is 33.1 Å². The molecule has 3 N–H and O–H groups in total. The molecule has 0 radical (unpaired) electrons. The fraction of sp³-hybridized carbons (Fsp3) is 0.243. The smallest absolute Gasteiger partial charge is 0.254 e. The van der Waals surface area contributed by atoms with E-state index in [1.165, 1.54) is 11.3 Å². The third-order valence-corrected chi connectivity index (χ3v) is 8.69. The SMILES string of the molecule is COc1cccc(CNC[C@@H](O)[C@H](Cc2ccccc2)NC(=O)c2cc(C(=O)N(C)Cc3nc(C)cs3)cc(-c3ccncc3)c2)c1. The fourth-order valence-corrected chi connectivity index (χ4v) is 6.08. The average Bonchev–Trinajstić information content (AvgIpc) is 3.52. The van der Waals surface area contributed by atoms with Crippen molar-refractivity contribution < 1.29 is 19.4 Å². The number of ether oxygens (including phenoxy) is 1. The van der Waals surface area contributed by atoms with Crippen molar-refractivity contribution in [3.63, 3.8) is 0 Å². The number of aliphatic hydroxyl groups is 1. The largest absolute Gasteiger partial charge is 0.497 e. The Balaban J connectivity index is 1.37. The van der Waals surface area contributed by atoms with Crippen LogP contribution in [0.25, 0.3) is 11.1 Å². The minimum Gasteiger partial charge on any atom is -0.497 e. The Bertz CT molecular complexity index is 1780. The van der Waals surface area contributed by atoms with Gasteiger partial charge in [-0.3, -0.25) is 14.6 Å². The lowest BCUT2D eigenvalue weighted by Crippen LogP contribution is -2.48. The van der Waals surface area contributed by atoms with Gasteiger partial charge in [-0.1, -0.05) is 42.5 Å². The summed E-state index contributed by atoms with van der Waals surface area (Å²) < 4.78 is 5.32. The van der Waals surface area contributed by atoms with E-state index in [1.54, 1.807) is 49.7 Å². The number of thiazole rings is 1. The summed E-state index contributed by atoms with van der Waals surface area (Å²) in [7, 11) is 3.35. The molecule has 0 spiro atoms. The number of carbonyl (C=O) groups is 2. The number of aromatic nitrogens is 2. The molecule has 0 saturated heterocycles. The van der Waals surface area contributed by atoms with Crippen LogP contribution >= 0.6 is 11.3 Å². The summed E-state index contributed by atoms with van der Waals surface area (Å²) in [6, 6.07) is 25.7. The summed E-state index contributed by atoms with van der Waals surface area (Å²) in [6.45, 7) is 3.04. The highest BCUT2D eigenvalue weighted by Gasteiger charge is 2.24. The Hall–Kier alpha value is -4.90. The van der Waals surface area contributed by atoms with Gasteiger partial charge in [0.1, 0.15) is 10.8 Å². The number of hydrogen-bond acceptors (Lipinski definition) is 8. The van der Waals surface area contributed by atoms with Gasteiger partial charge in [-0.05, 0) is 78.1 Å². The van der Waals surface area contributed by atoms with Gasteiger partial charge < -0.3 is 25.4 Å². The first-order chi connectivity index (χ1) is 22.8. The number of rotatable bonds is 14. The molecular weight excluding hydrogens is 611 g/mol. The summed E-state index contributed by atoms with van der Waals surface area (Å²) in [4.78, 5) is 37.8. The Labute approximate surface area is 279 Å². The molecule has 0 bridgehead atoms. The molecule has 0 aliphatic rings. The first-order valence-electron chi connectivity index (χ1n) is 15.4. The maximum Gasteiger partial charge on any atom is 0.254 e. The summed E-state index contributed by atoms with van der Waals surface area (Å²) >= 11 is 1.50. The van der Waals surface area contributed by atoms with Crippen LogP contribution in [0.15, 0.2) is 103 Å². The van der Waals surface area contributed by atoms with E-state index >= 15 is 0 Å². The highest BCUT2D eigenvalue weighted by Crippen LogP contribution is 2.24. The van der Waals surface area contributed by atoms with Crippen molar-refractivity contribution in [1.29, 1.82) is 0 Å². The molecule has 5 rings (SSSR count). The quantitative estimate of drug-likeness (QED) is 0.150. The second kappa shape index (κ2) is 16.1. The number of amides is 2. The molecule has 0 aliphatic carbocycles. The number of hydrogen-bond donors (Lipinski definition) is 3. The van der Waals surface area contributed by atoms with Crippen molar-refractivity contribution in [1.82, 2.24) is 25.5 Å². The monoisotopic (exact) mass is 649 g/mol. The number of nitrogens with one attached hydrogen (secondary N) is 2. The zero-order valence-electron chi connectivity index (χ0n) is 26.7. The topological polar surface area (TPSA) is 117 Å². The van der Waals surface area contributed by atoms with Crippen LogP contribution in [0.1, 0.15) is 42.5 Å². The minimum absolute atomic E-state index is 0.231. The van der Waals surface area contributed by atoms with E-state index in [9.17, 15) is 14.7 Å². The molecule has 5 aromatic rings. The normalized spacial score (nSPS) is 12.3. The van der Waals surface area contributed by atoms with E-state index in [-0.39, 0.29) is 18.4 Å². The first-order valence-corrected chi connectivity index (χ1v) is 16.3. The lowest BCUT2D eigenvalue weighted by Gasteiger charge is -2.25. The Morgan fingerprint density at radius 1 is 0.936 bits per heavy atom. The fourth-order valence-electron chi connectivity index (χ4n) is 5.26. The molecule has 0 aliphatic heterocycles. The maximum absolute atomic E-state index is 13.9. The Morgan fingerprint density at radius 2 is 1.68 bits per heavy atom. The third-order valence-electron chi connectivity index (χ3n) is 7.74. The van der Waals surface area contributed by atoms with Gasteiger partial charge in [0.25, 0.3) is 11.8 Å². The molecule has 2 heterocycles. The van der Waals surface area contributed by atoms with Crippen molar-refractivity contribution >= 4 is 23.2 Å². The van der Waals surface area contributed by atoms with Gasteiger partial charge in [-0.25, -0.2) is 4.98 Å². The molecule has 9 nitrogen and oxygen atoms in total. The van der Waals surface area contributed by atoms with Crippen LogP contribution in [0.2, 0.25) is 0 Å². The van der Waals surface area contributed by atoms with E-state index in [4.69, 9.17) is 4.74 Å². The number of pyridine rings is 1. The van der Waals surface area contributed by atoms with Gasteiger partial charge >= 0.3 is 0 Å². The van der Waals surface area contributed by atoms with Crippen LogP contribution in [0.5, 0.6) is 5.75 Å². The van der Waals surface area contributed by atoms with Crippen LogP contribution in [-0.2, 0) is 19.5 Å². The predicted octanol–water partition coefficient (Wildman–Crippen LogP) is 5.29. The van der Waals surface area contributed by atoms with E-state index in [2.05, 4.69) is 20.6 Å². The van der Waals surface area contributed by atoms with Crippen LogP contribution in [-0.4, -0.2) is 64.6 Å². The van der Waals surface area contributed by atoms with Crippen molar-refractivity contribution in [2.24, 2.45) is 0 Å². The average molecular weight is 650 g/mol. The van der Waals surface area contributed by atoms with Gasteiger partial charge in [0, 0.05) is 54.7 Å². The minimum atomic E-state index is -0.901. The summed E-state index contributed by atoms with van der Waals surface area (Å²) in [6.07, 6.45) is 2.86. The zero-order chi connectivity index (χ0) is 33.2. The molecule has 0 fully saturated rings. The number of aryl methyl sites for hydroxylation is 1. The highest BCUT2D eigenvalue weighted by atomic mass is 32.1. The number of benzene rings is 3. The van der Waals surface area contributed by atoms with Crippen molar-refractivity contribution in [3.05, 3.63) is 136 Å². The van der Waals surface area contributed by atoms with E-state index in [0.29, 0.717) is 36.2 Å². The number of methoxy groups -OCH3 is 1. The van der Waals surface area contributed by atoms with Crippen molar-refractivity contribution in [3.8, 4) is 16.9 Å². The summed E-state index contributed by atoms with van der Waals surface area (Å²) in [5.74, 6) is 0.141. The standard InChI is InChI=1S/C37H39N5O4S/c1-25-24-47-35(40-25)23-42(2)37(45)31-19-29(28-12-14-38-15-13-28)18-30(20-31)36(44)41-33(17-26-8-5-4-6-9-26)34(43)22-39-21-27-10-7-11-32(16-27)46-3/h4-16,18-20,24,33-34,39,43H,17,21-23H2,1-3H3,(H,41,44)/t33-,34+/m0/s1. The molecule has 0 saturated carbocycles. The van der Waals surface area contributed by atoms with Crippen molar-refractivity contribution in [2.45, 2.75) is 38.6 Å². The molecular formula is C37H39N5O4S. The van der Waals surface area contributed by atoms with Gasteiger partial charge in [0.15, 0.2) is 0 Å². The number of aliphatic hydroxyl groups excluding tert-OH is 1. The molecule has 47 heavy (non-hydrogen) atoms. The molecule has 2 amide bonds. The van der Waals surface area contributed by atoms with Gasteiger partial charge in [0.05, 0.1) is 25.8 Å². The molecule has 10 heteroatoms. The Morgan fingerprint density at radius 3 is 2.40 bits per heavy atom. The summed E-state index contributed by atoms with van der Waals surface area (Å²) in [5, 5.41) is 20.5. The van der Waals surface area contributed by atoms with Gasteiger partial charge in [-0.2, -0.15) is 0 Å². The lowest BCUT2D eigenvalue weighted by molar-refractivity contribution is 0.0784. The first kappa shape index (κ1) is 33.5. The third kappa shape index (κ3) is 9.32. The van der Waals surface area contributed by atoms with Crippen LogP contribution in [0.3, 0.4) is 0 Å². The lowest BCUT2D eigenvalue weighted by atomic mass is 9.97. The zero-order valence-corrected chi connectivity index (χ0v) is 27.5. The molecule has 2 atom stereocenters. The van der Waals surface area contributed by atoms with Crippen molar-refractivity contribution in [2.75, 3.05) is 20.7 Å². The second-order valence-corrected chi connectivity index (χ2v) is 12.3. The van der Waals surface area contributed by atoms with E-state index in [1.807, 2.05) is 79.0 Å². The maximum atomic E-state index is 13.9. The molecule has 2 aromatic heterocycles. The predicted molar refractivity (Wildman–Crippen MR) is 184 cm³/mol. The Kier molecular flexibility index (Phi) is 11.5. The number of nitrogens with zero attached hydrogens (tertiary/aromatic N) is 3. The van der Waals surface area contributed by atoms with Gasteiger partial charge in [0.2, 0.25) is 0 Å². The second-order valence-electron chi connectivity index (χ2n) is 11.4. The molecule has 0 unspecified atom stereocenters. The van der Waals surface area contributed by atoms with Crippen LogP contribution in [0, 0.1) is 6.92 Å². The molecule has 242 valence electrons. The van der Waals surface area contributed by atoms with Crippen LogP contribution in [0.4, 0.5) is 0 Å². The highest BCUT2D eigenvalue weighted by molar-refractivity contribution is 7.09. The summed E-state index contributed by atoms with van der Waals surface area (Å²) in [5.41, 5.74) is 5.13. The molecule has 3 aromatic carbocycles. The van der Waals surface area contributed by atoms with Crippen LogP contribution < -0.4 is 15.4 Å². The number of carbonyl (C=O) groups excluding carboxylic acids is 2.